The molecule has 0 saturated heterocycles. The van der Waals surface area contributed by atoms with E-state index in [0.29, 0.717) is 11.1 Å². The van der Waals surface area contributed by atoms with E-state index >= 15 is 0 Å². The van der Waals surface area contributed by atoms with Gasteiger partial charge in [0.05, 0.1) is 5.56 Å². The normalized spacial score (nSPS) is 10.0. The summed E-state index contributed by atoms with van der Waals surface area (Å²) in [5.74, 6) is -1.31. The maximum Gasteiger partial charge on any atom is 0.345 e. The van der Waals surface area contributed by atoms with Crippen LogP contribution in [0.1, 0.15) is 77.6 Å². The summed E-state index contributed by atoms with van der Waals surface area (Å²) in [6.45, 7) is 3.70. The third kappa shape index (κ3) is 9.39. The molecule has 0 atom stereocenters. The summed E-state index contributed by atoms with van der Waals surface area (Å²) in [6.07, 6.45) is 9.46. The quantitative estimate of drug-likeness (QED) is 0.108. The van der Waals surface area contributed by atoms with Gasteiger partial charge in [-0.3, -0.25) is 9.59 Å². The molecule has 30 heavy (non-hydrogen) atoms. The first-order chi connectivity index (χ1) is 14.1. The third-order valence-corrected chi connectivity index (χ3v) is 4.66. The van der Waals surface area contributed by atoms with E-state index in [1.54, 1.807) is 36.4 Å². The average Bonchev–Trinajstić information content (AvgIpc) is 2.75. The Morgan fingerprint density at radius 3 is 1.90 bits per heavy atom. The summed E-state index contributed by atoms with van der Waals surface area (Å²) in [7, 11) is 0. The van der Waals surface area contributed by atoms with Gasteiger partial charge < -0.3 is 4.74 Å². The minimum atomic E-state index is -0.682. The topological polar surface area (TPSA) is 60.4 Å². The van der Waals surface area contributed by atoms with Crippen LogP contribution in [0.4, 0.5) is 0 Å². The van der Waals surface area contributed by atoms with Gasteiger partial charge in [-0.2, -0.15) is 0 Å². The van der Waals surface area contributed by atoms with Gasteiger partial charge in [-0.05, 0) is 31.4 Å². The molecular weight excluding hydrogens is 523 g/mol. The fourth-order valence-electron chi connectivity index (χ4n) is 2.99. The van der Waals surface area contributed by atoms with Gasteiger partial charge in [0, 0.05) is 56.2 Å². The number of esters is 2. The van der Waals surface area contributed by atoms with Crippen molar-refractivity contribution in [1.82, 2.24) is 0 Å². The Kier molecular flexibility index (Phi) is 13.3. The maximum absolute atomic E-state index is 12.4. The van der Waals surface area contributed by atoms with Gasteiger partial charge in [-0.1, -0.05) is 74.2 Å². The molecule has 0 aliphatic carbocycles. The molecule has 4 nitrogen and oxygen atoms in total. The van der Waals surface area contributed by atoms with Crippen molar-refractivity contribution in [1.29, 1.82) is 0 Å². The van der Waals surface area contributed by atoms with Gasteiger partial charge in [0.1, 0.15) is 0 Å². The van der Waals surface area contributed by atoms with Crippen molar-refractivity contribution in [2.24, 2.45) is 0 Å². The van der Waals surface area contributed by atoms with Crippen LogP contribution in [0.5, 0.6) is 0 Å². The van der Waals surface area contributed by atoms with Crippen LogP contribution in [0, 0.1) is 38.6 Å². The summed E-state index contributed by atoms with van der Waals surface area (Å²) < 4.78 is 4.91. The van der Waals surface area contributed by atoms with Crippen molar-refractivity contribution < 1.29 is 57.7 Å². The molecule has 1 radical (unpaired) electrons. The summed E-state index contributed by atoms with van der Waals surface area (Å²) in [5.41, 5.74) is 1.32. The minimum absolute atomic E-state index is 0. The van der Waals surface area contributed by atoms with Gasteiger partial charge in [0.15, 0.2) is 5.78 Å². The molecule has 0 bridgehead atoms. The van der Waals surface area contributed by atoms with E-state index in [0.717, 1.165) is 38.5 Å². The summed E-state index contributed by atoms with van der Waals surface area (Å²) >= 11 is 0. The maximum atomic E-state index is 12.4. The van der Waals surface area contributed by atoms with Gasteiger partial charge in [-0.25, -0.2) is 4.79 Å². The van der Waals surface area contributed by atoms with E-state index in [2.05, 4.69) is 6.58 Å². The first-order valence-corrected chi connectivity index (χ1v) is 10.2. The Balaban J connectivity index is 0.00000450. The molecule has 161 valence electrons. The Labute approximate surface area is 209 Å². The Morgan fingerprint density at radius 1 is 0.733 bits per heavy atom. The van der Waals surface area contributed by atoms with Crippen LogP contribution < -0.4 is 0 Å². The number of unbranched alkanes of at least 4 members (excludes halogenated alkanes) is 6. The van der Waals surface area contributed by atoms with Crippen molar-refractivity contribution in [3.8, 4) is 0 Å². The number of rotatable bonds is 12. The molecule has 2 rings (SSSR count). The molecule has 0 N–H and O–H groups in total. The molecule has 0 aromatic heterocycles. The molecule has 5 heteroatoms. The van der Waals surface area contributed by atoms with Crippen molar-refractivity contribution in [2.75, 3.05) is 0 Å². The molecule has 2 aromatic rings. The standard InChI is InChI=1S/C25H28O4.Tb/c1-2-3-4-5-6-7-8-12-15-23(26)29-25(28)22-18-16-21(17-19-22)24(27)20-13-10-9-11-14-20;/h2,9-11,13-14,16-19H,1,3-8,12,15H2;. The van der Waals surface area contributed by atoms with Crippen LogP contribution in [0.3, 0.4) is 0 Å². The number of ketones is 1. The molecule has 0 unspecified atom stereocenters. The fourth-order valence-corrected chi connectivity index (χ4v) is 2.99. The molecule has 0 amide bonds. The zero-order valence-corrected chi connectivity index (χ0v) is 19.2. The van der Waals surface area contributed by atoms with Crippen LogP contribution in [-0.2, 0) is 9.53 Å². The predicted molar refractivity (Wildman–Crippen MR) is 114 cm³/mol. The number of allylic oxidation sites excluding steroid dienone is 1. The number of hydrogen-bond acceptors (Lipinski definition) is 4. The first-order valence-electron chi connectivity index (χ1n) is 10.2. The summed E-state index contributed by atoms with van der Waals surface area (Å²) in [5, 5.41) is 0. The van der Waals surface area contributed by atoms with Crippen molar-refractivity contribution in [3.05, 3.63) is 83.9 Å². The Hall–Kier alpha value is -1.72. The molecule has 0 fully saturated rings. The number of ether oxygens (including phenoxy) is 1. The average molecular weight is 551 g/mol. The first kappa shape index (κ1) is 26.3. The molecule has 0 aliphatic heterocycles. The molecule has 2 aromatic carbocycles. The second-order valence-electron chi connectivity index (χ2n) is 6.98. The Morgan fingerprint density at radius 2 is 1.27 bits per heavy atom. The van der Waals surface area contributed by atoms with E-state index in [1.165, 1.54) is 18.6 Å². The van der Waals surface area contributed by atoms with E-state index in [4.69, 9.17) is 4.74 Å². The minimum Gasteiger partial charge on any atom is -0.389 e. The van der Waals surface area contributed by atoms with Gasteiger partial charge >= 0.3 is 11.9 Å². The van der Waals surface area contributed by atoms with E-state index < -0.39 is 11.9 Å². The van der Waals surface area contributed by atoms with Gasteiger partial charge in [0.2, 0.25) is 0 Å². The molecule has 0 spiro atoms. The third-order valence-electron chi connectivity index (χ3n) is 4.66. The van der Waals surface area contributed by atoms with Crippen molar-refractivity contribution in [3.63, 3.8) is 0 Å². The zero-order valence-electron chi connectivity index (χ0n) is 17.1. The number of hydrogen-bond donors (Lipinski definition) is 0. The fraction of sp³-hybridized carbons (Fsp3) is 0.320. The van der Waals surface area contributed by atoms with E-state index in [1.807, 2.05) is 12.1 Å². The number of carbonyl (C=O) groups is 3. The van der Waals surface area contributed by atoms with Gasteiger partial charge in [-0.15, -0.1) is 6.58 Å². The number of carbonyl (C=O) groups excluding carboxylic acids is 3. The van der Waals surface area contributed by atoms with Crippen LogP contribution in [-0.4, -0.2) is 17.7 Å². The molecule has 0 saturated carbocycles. The van der Waals surface area contributed by atoms with Crippen LogP contribution in [0.15, 0.2) is 67.3 Å². The smallest absolute Gasteiger partial charge is 0.345 e. The van der Waals surface area contributed by atoms with E-state index in [-0.39, 0.29) is 56.4 Å². The zero-order chi connectivity index (χ0) is 20.9. The van der Waals surface area contributed by atoms with Gasteiger partial charge in [0.25, 0.3) is 0 Å². The second-order valence-corrected chi connectivity index (χ2v) is 6.98. The predicted octanol–water partition coefficient (Wildman–Crippen LogP) is 5.91. The second kappa shape index (κ2) is 15.1. The molecule has 0 heterocycles. The van der Waals surface area contributed by atoms with Crippen molar-refractivity contribution >= 4 is 17.7 Å². The largest absolute Gasteiger partial charge is 0.389 e. The molecule has 0 aliphatic rings. The Bertz CT molecular complexity index is 813. The van der Waals surface area contributed by atoms with Crippen LogP contribution in [0.25, 0.3) is 0 Å². The summed E-state index contributed by atoms with van der Waals surface area (Å²) in [6, 6.07) is 15.1. The van der Waals surface area contributed by atoms with E-state index in [9.17, 15) is 14.4 Å². The van der Waals surface area contributed by atoms with Crippen LogP contribution in [0.2, 0.25) is 0 Å². The number of benzene rings is 2. The van der Waals surface area contributed by atoms with Crippen molar-refractivity contribution in [2.45, 2.75) is 51.4 Å². The molecular formula is C25H28O4Tb. The monoisotopic (exact) mass is 551 g/mol. The summed E-state index contributed by atoms with van der Waals surface area (Å²) in [4.78, 5) is 36.3. The van der Waals surface area contributed by atoms with Crippen LogP contribution >= 0.6 is 0 Å². The SMILES string of the molecule is C=CCCCCCCCCC(=O)OC(=O)c1ccc(C(=O)c2ccccc2)cc1.[Tb].